The Bertz CT molecular complexity index is 663. The van der Waals surface area contributed by atoms with Gasteiger partial charge < -0.3 is 10.2 Å². The average molecular weight is 308 g/mol. The van der Waals surface area contributed by atoms with Crippen molar-refractivity contribution in [3.05, 3.63) is 52.9 Å². The summed E-state index contributed by atoms with van der Waals surface area (Å²) in [4.78, 5) is 17.8. The third-order valence-corrected chi connectivity index (χ3v) is 3.11. The predicted molar refractivity (Wildman–Crippen MR) is 82.5 cm³/mol. The number of pyridine rings is 1. The van der Waals surface area contributed by atoms with Gasteiger partial charge in [-0.3, -0.25) is 4.79 Å². The Morgan fingerprint density at radius 3 is 2.76 bits per heavy atom. The molecule has 2 rings (SSSR count). The Hall–Kier alpha value is -2.14. The second kappa shape index (κ2) is 6.54. The fourth-order valence-electron chi connectivity index (χ4n) is 1.92. The highest BCUT2D eigenvalue weighted by atomic mass is 35.5. The standard InChI is InChI=1S/C15H15ClFN3O/c1-3-18-14-9-10(8-13(16)19-14)15(21)20(2)12-7-5-4-6-11(12)17/h4-9H,3H2,1-2H3,(H,18,19). The molecule has 1 heterocycles. The maximum Gasteiger partial charge on any atom is 0.258 e. The summed E-state index contributed by atoms with van der Waals surface area (Å²) in [6, 6.07) is 9.15. The van der Waals surface area contributed by atoms with Crippen molar-refractivity contribution in [2.24, 2.45) is 0 Å². The highest BCUT2D eigenvalue weighted by Crippen LogP contribution is 2.21. The number of carbonyl (C=O) groups excluding carboxylic acids is 1. The summed E-state index contributed by atoms with van der Waals surface area (Å²) in [5.41, 5.74) is 0.553. The molecule has 110 valence electrons. The molecule has 0 fully saturated rings. The van der Waals surface area contributed by atoms with Gasteiger partial charge in [0, 0.05) is 19.2 Å². The number of nitrogens with one attached hydrogen (secondary N) is 1. The largest absolute Gasteiger partial charge is 0.370 e. The Balaban J connectivity index is 2.33. The molecule has 0 radical (unpaired) electrons. The lowest BCUT2D eigenvalue weighted by atomic mass is 10.2. The molecule has 0 aliphatic carbocycles. The molecule has 0 spiro atoms. The van der Waals surface area contributed by atoms with E-state index in [0.29, 0.717) is 17.9 Å². The highest BCUT2D eigenvalue weighted by Gasteiger charge is 2.17. The number of hydrogen-bond acceptors (Lipinski definition) is 3. The summed E-state index contributed by atoms with van der Waals surface area (Å²) < 4.78 is 13.8. The predicted octanol–water partition coefficient (Wildman–Crippen LogP) is 3.58. The molecule has 0 saturated heterocycles. The van der Waals surface area contributed by atoms with Crippen molar-refractivity contribution in [3.63, 3.8) is 0 Å². The van der Waals surface area contributed by atoms with Crippen LogP contribution in [0, 0.1) is 5.82 Å². The van der Waals surface area contributed by atoms with Crippen LogP contribution >= 0.6 is 11.6 Å². The van der Waals surface area contributed by atoms with Gasteiger partial charge >= 0.3 is 0 Å². The van der Waals surface area contributed by atoms with Crippen LogP contribution in [0.5, 0.6) is 0 Å². The van der Waals surface area contributed by atoms with E-state index in [1.54, 1.807) is 24.3 Å². The van der Waals surface area contributed by atoms with Gasteiger partial charge in [0.15, 0.2) is 0 Å². The number of anilines is 2. The van der Waals surface area contributed by atoms with Crippen molar-refractivity contribution >= 4 is 29.0 Å². The molecule has 4 nitrogen and oxygen atoms in total. The first kappa shape index (κ1) is 15.3. The first-order valence-electron chi connectivity index (χ1n) is 6.47. The van der Waals surface area contributed by atoms with Crippen molar-refractivity contribution < 1.29 is 9.18 Å². The van der Waals surface area contributed by atoms with E-state index in [-0.39, 0.29) is 16.7 Å². The van der Waals surface area contributed by atoms with Crippen molar-refractivity contribution in [1.82, 2.24) is 4.98 Å². The Labute approximate surface area is 127 Å². The van der Waals surface area contributed by atoms with Gasteiger partial charge in [0.2, 0.25) is 0 Å². The molecule has 1 N–H and O–H groups in total. The monoisotopic (exact) mass is 307 g/mol. The average Bonchev–Trinajstić information content (AvgIpc) is 2.46. The van der Waals surface area contributed by atoms with Crippen LogP contribution in [0.15, 0.2) is 36.4 Å². The molecule has 1 aromatic carbocycles. The minimum atomic E-state index is -0.458. The van der Waals surface area contributed by atoms with Crippen molar-refractivity contribution in [2.75, 3.05) is 23.8 Å². The van der Waals surface area contributed by atoms with Gasteiger partial charge in [-0.15, -0.1) is 0 Å². The van der Waals surface area contributed by atoms with Gasteiger partial charge in [-0.25, -0.2) is 9.37 Å². The van der Waals surface area contributed by atoms with E-state index in [0.717, 1.165) is 0 Å². The molecule has 0 atom stereocenters. The van der Waals surface area contributed by atoms with Gasteiger partial charge in [-0.05, 0) is 31.2 Å². The molecular formula is C15H15ClFN3O. The topological polar surface area (TPSA) is 45.2 Å². The van der Waals surface area contributed by atoms with Crippen LogP contribution in [0.1, 0.15) is 17.3 Å². The fourth-order valence-corrected chi connectivity index (χ4v) is 2.13. The quantitative estimate of drug-likeness (QED) is 0.878. The fraction of sp³-hybridized carbons (Fsp3) is 0.200. The summed E-state index contributed by atoms with van der Waals surface area (Å²) in [6.45, 7) is 2.57. The zero-order valence-corrected chi connectivity index (χ0v) is 12.5. The molecule has 0 unspecified atom stereocenters. The molecule has 1 aromatic heterocycles. The minimum Gasteiger partial charge on any atom is -0.370 e. The van der Waals surface area contributed by atoms with Gasteiger partial charge in [0.05, 0.1) is 5.69 Å². The molecule has 0 saturated carbocycles. The smallest absolute Gasteiger partial charge is 0.258 e. The summed E-state index contributed by atoms with van der Waals surface area (Å²) in [5, 5.41) is 3.20. The van der Waals surface area contributed by atoms with E-state index >= 15 is 0 Å². The number of para-hydroxylation sites is 1. The lowest BCUT2D eigenvalue weighted by molar-refractivity contribution is 0.0992. The van der Waals surface area contributed by atoms with E-state index in [9.17, 15) is 9.18 Å². The first-order valence-corrected chi connectivity index (χ1v) is 6.84. The number of hydrogen-bond donors (Lipinski definition) is 1. The van der Waals surface area contributed by atoms with E-state index in [4.69, 9.17) is 11.6 Å². The number of carbonyl (C=O) groups is 1. The van der Waals surface area contributed by atoms with Crippen LogP contribution in [-0.4, -0.2) is 24.5 Å². The third kappa shape index (κ3) is 3.49. The molecule has 2 aromatic rings. The Kier molecular flexibility index (Phi) is 4.75. The van der Waals surface area contributed by atoms with Crippen molar-refractivity contribution in [2.45, 2.75) is 6.92 Å². The molecule has 0 aliphatic rings. The zero-order valence-electron chi connectivity index (χ0n) is 11.7. The number of amides is 1. The normalized spacial score (nSPS) is 10.3. The summed E-state index contributed by atoms with van der Waals surface area (Å²) in [6.07, 6.45) is 0. The van der Waals surface area contributed by atoms with Gasteiger partial charge in [-0.2, -0.15) is 0 Å². The summed E-state index contributed by atoms with van der Waals surface area (Å²) in [7, 11) is 1.52. The third-order valence-electron chi connectivity index (χ3n) is 2.92. The van der Waals surface area contributed by atoms with E-state index in [1.165, 1.54) is 24.1 Å². The lowest BCUT2D eigenvalue weighted by Crippen LogP contribution is -2.27. The van der Waals surface area contributed by atoms with Gasteiger partial charge in [-0.1, -0.05) is 23.7 Å². The van der Waals surface area contributed by atoms with Crippen LogP contribution < -0.4 is 10.2 Å². The van der Waals surface area contributed by atoms with Crippen LogP contribution in [-0.2, 0) is 0 Å². The number of halogens is 2. The second-order valence-corrected chi connectivity index (χ2v) is 4.80. The molecule has 1 amide bonds. The van der Waals surface area contributed by atoms with E-state index in [2.05, 4.69) is 10.3 Å². The Morgan fingerprint density at radius 1 is 1.38 bits per heavy atom. The second-order valence-electron chi connectivity index (χ2n) is 4.41. The first-order chi connectivity index (χ1) is 10.0. The molecule has 0 aliphatic heterocycles. The molecule has 0 bridgehead atoms. The SMILES string of the molecule is CCNc1cc(C(=O)N(C)c2ccccc2F)cc(Cl)n1. The maximum absolute atomic E-state index is 13.8. The molecule has 21 heavy (non-hydrogen) atoms. The van der Waals surface area contributed by atoms with Crippen LogP contribution in [0.3, 0.4) is 0 Å². The van der Waals surface area contributed by atoms with Gasteiger partial charge in [0.25, 0.3) is 5.91 Å². The van der Waals surface area contributed by atoms with Crippen LogP contribution in [0.4, 0.5) is 15.9 Å². The summed E-state index contributed by atoms with van der Waals surface area (Å²) >= 11 is 5.92. The lowest BCUT2D eigenvalue weighted by Gasteiger charge is -2.18. The van der Waals surface area contributed by atoms with E-state index < -0.39 is 5.82 Å². The Morgan fingerprint density at radius 2 is 2.10 bits per heavy atom. The minimum absolute atomic E-state index is 0.207. The van der Waals surface area contributed by atoms with Gasteiger partial charge in [0.1, 0.15) is 16.8 Å². The zero-order chi connectivity index (χ0) is 15.4. The summed E-state index contributed by atoms with van der Waals surface area (Å²) in [5.74, 6) is -0.306. The number of rotatable bonds is 4. The van der Waals surface area contributed by atoms with Crippen LogP contribution in [0.25, 0.3) is 0 Å². The molecule has 6 heteroatoms. The van der Waals surface area contributed by atoms with Crippen LogP contribution in [0.2, 0.25) is 5.15 Å². The van der Waals surface area contributed by atoms with Crippen molar-refractivity contribution in [3.8, 4) is 0 Å². The maximum atomic E-state index is 13.8. The number of nitrogens with zero attached hydrogens (tertiary/aromatic N) is 2. The highest BCUT2D eigenvalue weighted by molar-refractivity contribution is 6.30. The number of benzene rings is 1. The number of aromatic nitrogens is 1. The molecular weight excluding hydrogens is 293 g/mol. The van der Waals surface area contributed by atoms with E-state index in [1.807, 2.05) is 6.92 Å². The van der Waals surface area contributed by atoms with Crippen molar-refractivity contribution in [1.29, 1.82) is 0 Å².